The topological polar surface area (TPSA) is 55.1 Å². The molecule has 21 heavy (non-hydrogen) atoms. The SMILES string of the molecule is Nc1ccc2c(c1)CCCC2NC(=O)C(C1CC1)C1CC1. The molecule has 0 heterocycles. The van der Waals surface area contributed by atoms with Crippen molar-refractivity contribution in [3.05, 3.63) is 29.3 Å². The fourth-order valence-electron chi connectivity index (χ4n) is 3.98. The van der Waals surface area contributed by atoms with Gasteiger partial charge in [0.2, 0.25) is 5.91 Å². The Balaban J connectivity index is 1.51. The lowest BCUT2D eigenvalue weighted by atomic mass is 9.86. The Bertz CT molecular complexity index is 548. The van der Waals surface area contributed by atoms with Gasteiger partial charge in [-0.3, -0.25) is 4.79 Å². The van der Waals surface area contributed by atoms with E-state index >= 15 is 0 Å². The molecule has 0 bridgehead atoms. The Hall–Kier alpha value is -1.51. The van der Waals surface area contributed by atoms with Gasteiger partial charge in [0.15, 0.2) is 0 Å². The van der Waals surface area contributed by atoms with Crippen molar-refractivity contribution >= 4 is 11.6 Å². The number of rotatable bonds is 4. The number of carbonyl (C=O) groups is 1. The van der Waals surface area contributed by atoms with Crippen molar-refractivity contribution in [2.24, 2.45) is 17.8 Å². The second-order valence-electron chi connectivity index (χ2n) is 7.11. The summed E-state index contributed by atoms with van der Waals surface area (Å²) in [6.45, 7) is 0. The van der Waals surface area contributed by atoms with Crippen LogP contribution < -0.4 is 11.1 Å². The van der Waals surface area contributed by atoms with Gasteiger partial charge >= 0.3 is 0 Å². The van der Waals surface area contributed by atoms with Crippen molar-refractivity contribution < 1.29 is 4.79 Å². The molecule has 4 rings (SSSR count). The van der Waals surface area contributed by atoms with Gasteiger partial charge in [0.25, 0.3) is 0 Å². The number of hydrogen-bond donors (Lipinski definition) is 2. The van der Waals surface area contributed by atoms with E-state index < -0.39 is 0 Å². The highest BCUT2D eigenvalue weighted by Crippen LogP contribution is 2.49. The minimum Gasteiger partial charge on any atom is -0.399 e. The molecule has 3 N–H and O–H groups in total. The van der Waals surface area contributed by atoms with Crippen LogP contribution in [0.2, 0.25) is 0 Å². The van der Waals surface area contributed by atoms with E-state index in [0.29, 0.717) is 23.7 Å². The van der Waals surface area contributed by atoms with E-state index in [1.54, 1.807) is 0 Å². The number of amides is 1. The van der Waals surface area contributed by atoms with Gasteiger partial charge in [-0.05, 0) is 80.0 Å². The first-order valence-electron chi connectivity index (χ1n) is 8.41. The number of anilines is 1. The molecule has 3 heteroatoms. The van der Waals surface area contributed by atoms with E-state index in [2.05, 4.69) is 17.4 Å². The van der Waals surface area contributed by atoms with Crippen LogP contribution >= 0.6 is 0 Å². The van der Waals surface area contributed by atoms with E-state index in [9.17, 15) is 4.79 Å². The van der Waals surface area contributed by atoms with Gasteiger partial charge < -0.3 is 11.1 Å². The number of benzene rings is 1. The lowest BCUT2D eigenvalue weighted by Gasteiger charge is -2.28. The van der Waals surface area contributed by atoms with Crippen molar-refractivity contribution in [2.75, 3.05) is 5.73 Å². The predicted molar refractivity (Wildman–Crippen MR) is 83.6 cm³/mol. The normalized spacial score (nSPS) is 24.7. The van der Waals surface area contributed by atoms with Crippen LogP contribution in [0, 0.1) is 17.8 Å². The van der Waals surface area contributed by atoms with Gasteiger partial charge in [-0.1, -0.05) is 6.07 Å². The Morgan fingerprint density at radius 1 is 1.14 bits per heavy atom. The van der Waals surface area contributed by atoms with E-state index in [0.717, 1.165) is 24.9 Å². The summed E-state index contributed by atoms with van der Waals surface area (Å²) in [6, 6.07) is 6.34. The zero-order valence-corrected chi connectivity index (χ0v) is 12.5. The second-order valence-corrected chi connectivity index (χ2v) is 7.11. The summed E-state index contributed by atoms with van der Waals surface area (Å²) in [5.41, 5.74) is 9.32. The quantitative estimate of drug-likeness (QED) is 0.834. The van der Waals surface area contributed by atoms with Crippen molar-refractivity contribution in [1.82, 2.24) is 5.32 Å². The van der Waals surface area contributed by atoms with Gasteiger partial charge in [0, 0.05) is 11.6 Å². The summed E-state index contributed by atoms with van der Waals surface area (Å²) in [4.78, 5) is 12.7. The molecule has 3 nitrogen and oxygen atoms in total. The number of carbonyl (C=O) groups excluding carboxylic acids is 1. The largest absolute Gasteiger partial charge is 0.399 e. The van der Waals surface area contributed by atoms with Gasteiger partial charge in [0.05, 0.1) is 6.04 Å². The summed E-state index contributed by atoms with van der Waals surface area (Å²) < 4.78 is 0. The number of nitrogen functional groups attached to an aromatic ring is 1. The fourth-order valence-corrected chi connectivity index (χ4v) is 3.98. The highest BCUT2D eigenvalue weighted by molar-refractivity contribution is 5.80. The van der Waals surface area contributed by atoms with Crippen LogP contribution in [0.15, 0.2) is 18.2 Å². The molecule has 1 aromatic rings. The van der Waals surface area contributed by atoms with Gasteiger partial charge in [0.1, 0.15) is 0 Å². The van der Waals surface area contributed by atoms with Crippen LogP contribution in [-0.2, 0) is 11.2 Å². The minimum atomic E-state index is 0.196. The van der Waals surface area contributed by atoms with Crippen LogP contribution in [0.4, 0.5) is 5.69 Å². The van der Waals surface area contributed by atoms with E-state index in [1.165, 1.54) is 36.8 Å². The second kappa shape index (κ2) is 5.04. The molecule has 0 radical (unpaired) electrons. The molecule has 112 valence electrons. The van der Waals surface area contributed by atoms with E-state index in [4.69, 9.17) is 5.73 Å². The Morgan fingerprint density at radius 3 is 2.52 bits per heavy atom. The Morgan fingerprint density at radius 2 is 1.86 bits per heavy atom. The molecule has 1 amide bonds. The van der Waals surface area contributed by atoms with E-state index in [1.807, 2.05) is 6.07 Å². The first-order chi connectivity index (χ1) is 10.2. The predicted octanol–water partition coefficient (Wildman–Crippen LogP) is 3.20. The Kier molecular flexibility index (Phi) is 3.16. The zero-order chi connectivity index (χ0) is 14.4. The monoisotopic (exact) mass is 284 g/mol. The molecular formula is C18H24N2O. The van der Waals surface area contributed by atoms with Gasteiger partial charge in [-0.2, -0.15) is 0 Å². The fraction of sp³-hybridized carbons (Fsp3) is 0.611. The van der Waals surface area contributed by atoms with Gasteiger partial charge in [-0.25, -0.2) is 0 Å². The molecule has 1 aromatic carbocycles. The molecule has 1 unspecified atom stereocenters. The molecule has 0 spiro atoms. The Labute approximate surface area is 126 Å². The van der Waals surface area contributed by atoms with Crippen molar-refractivity contribution in [3.8, 4) is 0 Å². The van der Waals surface area contributed by atoms with Crippen LogP contribution in [0.25, 0.3) is 0 Å². The number of nitrogens with one attached hydrogen (secondary N) is 1. The summed E-state index contributed by atoms with van der Waals surface area (Å²) in [6.07, 6.45) is 8.31. The third-order valence-electron chi connectivity index (χ3n) is 5.36. The lowest BCUT2D eigenvalue weighted by molar-refractivity contribution is -0.127. The summed E-state index contributed by atoms with van der Waals surface area (Å²) >= 11 is 0. The smallest absolute Gasteiger partial charge is 0.224 e. The average molecular weight is 284 g/mol. The first-order valence-corrected chi connectivity index (χ1v) is 8.41. The summed E-state index contributed by atoms with van der Waals surface area (Å²) in [7, 11) is 0. The highest BCUT2D eigenvalue weighted by Gasteiger charge is 2.46. The van der Waals surface area contributed by atoms with Crippen LogP contribution in [0.5, 0.6) is 0 Å². The average Bonchev–Trinajstić information content (AvgIpc) is 3.33. The molecule has 2 saturated carbocycles. The zero-order valence-electron chi connectivity index (χ0n) is 12.5. The maximum atomic E-state index is 12.7. The standard InChI is InChI=1S/C18H24N2O/c19-14-8-9-15-13(10-14)2-1-3-16(15)20-18(21)17(11-4-5-11)12-6-7-12/h8-12,16-17H,1-7,19H2,(H,20,21). The third-order valence-corrected chi connectivity index (χ3v) is 5.36. The molecule has 0 aromatic heterocycles. The molecule has 2 fully saturated rings. The van der Waals surface area contributed by atoms with Crippen LogP contribution in [0.3, 0.4) is 0 Å². The molecule has 0 aliphatic heterocycles. The third kappa shape index (κ3) is 2.66. The van der Waals surface area contributed by atoms with Crippen molar-refractivity contribution in [2.45, 2.75) is 51.0 Å². The first kappa shape index (κ1) is 13.2. The van der Waals surface area contributed by atoms with Crippen LogP contribution in [0.1, 0.15) is 55.7 Å². The number of fused-ring (bicyclic) bond motifs is 1. The summed E-state index contributed by atoms with van der Waals surface area (Å²) in [5.74, 6) is 1.96. The molecule has 3 aliphatic rings. The van der Waals surface area contributed by atoms with Crippen LogP contribution in [-0.4, -0.2) is 5.91 Å². The van der Waals surface area contributed by atoms with E-state index in [-0.39, 0.29) is 6.04 Å². The molecule has 3 aliphatic carbocycles. The number of hydrogen-bond acceptors (Lipinski definition) is 2. The number of aryl methyl sites for hydroxylation is 1. The maximum Gasteiger partial charge on any atom is 0.224 e. The molecule has 0 saturated heterocycles. The summed E-state index contributed by atoms with van der Waals surface area (Å²) in [5, 5.41) is 3.36. The number of nitrogens with two attached hydrogens (primary N) is 1. The van der Waals surface area contributed by atoms with Crippen molar-refractivity contribution in [1.29, 1.82) is 0 Å². The maximum absolute atomic E-state index is 12.7. The minimum absolute atomic E-state index is 0.196. The lowest BCUT2D eigenvalue weighted by Crippen LogP contribution is -2.37. The molecular weight excluding hydrogens is 260 g/mol. The van der Waals surface area contributed by atoms with Gasteiger partial charge in [-0.15, -0.1) is 0 Å². The molecule has 1 atom stereocenters. The van der Waals surface area contributed by atoms with Crippen molar-refractivity contribution in [3.63, 3.8) is 0 Å². The highest BCUT2D eigenvalue weighted by atomic mass is 16.2.